The summed E-state index contributed by atoms with van der Waals surface area (Å²) in [6, 6.07) is 14.6. The van der Waals surface area contributed by atoms with E-state index in [1.165, 1.54) is 5.56 Å². The minimum atomic E-state index is -0.260. The molecule has 160 valence electrons. The van der Waals surface area contributed by atoms with Gasteiger partial charge in [0.15, 0.2) is 5.11 Å². The highest BCUT2D eigenvalue weighted by molar-refractivity contribution is 7.80. The highest BCUT2D eigenvalue weighted by Crippen LogP contribution is 2.15. The summed E-state index contributed by atoms with van der Waals surface area (Å²) in [5, 5.41) is 5.89. The SMILES string of the molecule is CCCN(CCC)C(=O)c1ccc(NC(=S)NC(=O)c2ccc(C(C)C)cc2)cc1. The maximum atomic E-state index is 12.6. The summed E-state index contributed by atoms with van der Waals surface area (Å²) >= 11 is 5.26. The number of nitrogens with zero attached hydrogens (tertiary/aromatic N) is 1. The predicted octanol–water partition coefficient (Wildman–Crippen LogP) is 5.20. The van der Waals surface area contributed by atoms with E-state index < -0.39 is 0 Å². The third-order valence-electron chi connectivity index (χ3n) is 4.73. The summed E-state index contributed by atoms with van der Waals surface area (Å²) < 4.78 is 0. The Morgan fingerprint density at radius 1 is 0.900 bits per heavy atom. The third kappa shape index (κ3) is 6.66. The Balaban J connectivity index is 1.95. The molecule has 6 heteroatoms. The van der Waals surface area contributed by atoms with Crippen LogP contribution in [-0.2, 0) is 0 Å². The first-order valence-corrected chi connectivity index (χ1v) is 10.9. The number of amides is 2. The van der Waals surface area contributed by atoms with Crippen molar-refractivity contribution in [3.8, 4) is 0 Å². The van der Waals surface area contributed by atoms with Crippen LogP contribution in [0.1, 0.15) is 72.7 Å². The van der Waals surface area contributed by atoms with Crippen LogP contribution in [0, 0.1) is 0 Å². The van der Waals surface area contributed by atoms with Crippen LogP contribution in [-0.4, -0.2) is 34.9 Å². The Morgan fingerprint density at radius 3 is 1.93 bits per heavy atom. The largest absolute Gasteiger partial charge is 0.339 e. The zero-order chi connectivity index (χ0) is 22.1. The molecule has 0 saturated carbocycles. The molecule has 0 aliphatic heterocycles. The molecule has 0 aromatic heterocycles. The first-order valence-electron chi connectivity index (χ1n) is 10.5. The smallest absolute Gasteiger partial charge is 0.257 e. The van der Waals surface area contributed by atoms with E-state index in [-0.39, 0.29) is 16.9 Å². The lowest BCUT2D eigenvalue weighted by Gasteiger charge is -2.21. The standard InChI is InChI=1S/C24H31N3O2S/c1-5-15-27(16-6-2)23(29)20-11-13-21(14-12-20)25-24(30)26-22(28)19-9-7-18(8-10-19)17(3)4/h7-14,17H,5-6,15-16H2,1-4H3,(H2,25,26,28,30). The molecule has 30 heavy (non-hydrogen) atoms. The van der Waals surface area contributed by atoms with Gasteiger partial charge in [-0.3, -0.25) is 14.9 Å². The van der Waals surface area contributed by atoms with E-state index in [9.17, 15) is 9.59 Å². The van der Waals surface area contributed by atoms with Gasteiger partial charge in [0.1, 0.15) is 0 Å². The molecule has 0 radical (unpaired) electrons. The van der Waals surface area contributed by atoms with Gasteiger partial charge in [-0.25, -0.2) is 0 Å². The molecule has 5 nitrogen and oxygen atoms in total. The lowest BCUT2D eigenvalue weighted by Crippen LogP contribution is -2.34. The quantitative estimate of drug-likeness (QED) is 0.571. The zero-order valence-corrected chi connectivity index (χ0v) is 19.0. The van der Waals surface area contributed by atoms with Gasteiger partial charge in [0.25, 0.3) is 11.8 Å². The maximum Gasteiger partial charge on any atom is 0.257 e. The number of rotatable bonds is 8. The van der Waals surface area contributed by atoms with Gasteiger partial charge in [0, 0.05) is 29.9 Å². The predicted molar refractivity (Wildman–Crippen MR) is 127 cm³/mol. The Labute approximate surface area is 184 Å². The molecule has 0 atom stereocenters. The van der Waals surface area contributed by atoms with E-state index in [1.54, 1.807) is 36.4 Å². The van der Waals surface area contributed by atoms with Gasteiger partial charge in [0.2, 0.25) is 0 Å². The van der Waals surface area contributed by atoms with Gasteiger partial charge in [0.05, 0.1) is 0 Å². The Morgan fingerprint density at radius 2 is 1.43 bits per heavy atom. The van der Waals surface area contributed by atoms with Gasteiger partial charge in [-0.1, -0.05) is 39.8 Å². The molecular formula is C24H31N3O2S. The number of hydrogen-bond donors (Lipinski definition) is 2. The number of anilines is 1. The van der Waals surface area contributed by atoms with Crippen molar-refractivity contribution in [2.24, 2.45) is 0 Å². The van der Waals surface area contributed by atoms with E-state index in [4.69, 9.17) is 12.2 Å². The molecule has 0 bridgehead atoms. The lowest BCUT2D eigenvalue weighted by atomic mass is 10.0. The number of thiocarbonyl (C=S) groups is 1. The van der Waals surface area contributed by atoms with Crippen LogP contribution in [0.3, 0.4) is 0 Å². The van der Waals surface area contributed by atoms with Crippen molar-refractivity contribution < 1.29 is 9.59 Å². The minimum Gasteiger partial charge on any atom is -0.339 e. The molecule has 0 fully saturated rings. The van der Waals surface area contributed by atoms with E-state index in [1.807, 2.05) is 17.0 Å². The molecule has 0 heterocycles. The molecule has 2 amide bonds. The number of carbonyl (C=O) groups is 2. The van der Waals surface area contributed by atoms with Crippen LogP contribution in [0.25, 0.3) is 0 Å². The molecule has 0 spiro atoms. The highest BCUT2D eigenvalue weighted by atomic mass is 32.1. The van der Waals surface area contributed by atoms with Crippen LogP contribution in [0.2, 0.25) is 0 Å². The number of carbonyl (C=O) groups excluding carboxylic acids is 2. The van der Waals surface area contributed by atoms with E-state index in [0.717, 1.165) is 25.9 Å². The van der Waals surface area contributed by atoms with E-state index in [0.29, 0.717) is 22.7 Å². The van der Waals surface area contributed by atoms with Crippen molar-refractivity contribution in [3.05, 3.63) is 65.2 Å². The van der Waals surface area contributed by atoms with Crippen LogP contribution in [0.15, 0.2) is 48.5 Å². The molecule has 0 saturated heterocycles. The third-order valence-corrected chi connectivity index (χ3v) is 4.93. The molecule has 2 aromatic carbocycles. The Bertz CT molecular complexity index is 855. The molecule has 2 aromatic rings. The fraction of sp³-hybridized carbons (Fsp3) is 0.375. The average Bonchev–Trinajstić information content (AvgIpc) is 2.73. The number of benzene rings is 2. The van der Waals surface area contributed by atoms with E-state index >= 15 is 0 Å². The van der Waals surface area contributed by atoms with Gasteiger partial charge >= 0.3 is 0 Å². The normalized spacial score (nSPS) is 10.6. The van der Waals surface area contributed by atoms with Crippen molar-refractivity contribution in [2.45, 2.75) is 46.5 Å². The number of nitrogens with one attached hydrogen (secondary N) is 2. The minimum absolute atomic E-state index is 0.0333. The van der Waals surface area contributed by atoms with Crippen molar-refractivity contribution in [1.29, 1.82) is 0 Å². The van der Waals surface area contributed by atoms with Gasteiger partial charge in [-0.15, -0.1) is 0 Å². The van der Waals surface area contributed by atoms with Crippen LogP contribution in [0.5, 0.6) is 0 Å². The van der Waals surface area contributed by atoms with Crippen LogP contribution >= 0.6 is 12.2 Å². The molecular weight excluding hydrogens is 394 g/mol. The molecule has 0 aliphatic carbocycles. The summed E-state index contributed by atoms with van der Waals surface area (Å²) in [7, 11) is 0. The second-order valence-corrected chi connectivity index (χ2v) is 7.96. The fourth-order valence-electron chi connectivity index (χ4n) is 3.09. The first-order chi connectivity index (χ1) is 14.3. The lowest BCUT2D eigenvalue weighted by molar-refractivity contribution is 0.0755. The second kappa shape index (κ2) is 11.5. The monoisotopic (exact) mass is 425 g/mol. The molecule has 2 rings (SSSR count). The summed E-state index contributed by atoms with van der Waals surface area (Å²) in [6.07, 6.45) is 1.86. The van der Waals surface area contributed by atoms with Gasteiger partial charge in [-0.05, 0) is 72.9 Å². The van der Waals surface area contributed by atoms with Crippen molar-refractivity contribution in [1.82, 2.24) is 10.2 Å². The van der Waals surface area contributed by atoms with Gasteiger partial charge in [-0.2, -0.15) is 0 Å². The maximum absolute atomic E-state index is 12.6. The molecule has 0 aliphatic rings. The van der Waals surface area contributed by atoms with Crippen molar-refractivity contribution >= 4 is 34.8 Å². The summed E-state index contributed by atoms with van der Waals surface area (Å²) in [5.41, 5.74) is 3.09. The molecule has 2 N–H and O–H groups in total. The summed E-state index contributed by atoms with van der Waals surface area (Å²) in [5.74, 6) is 0.186. The molecule has 0 unspecified atom stereocenters. The Hall–Kier alpha value is -2.73. The van der Waals surface area contributed by atoms with Crippen LogP contribution < -0.4 is 10.6 Å². The second-order valence-electron chi connectivity index (χ2n) is 7.55. The van der Waals surface area contributed by atoms with Crippen molar-refractivity contribution in [2.75, 3.05) is 18.4 Å². The summed E-state index contributed by atoms with van der Waals surface area (Å²) in [6.45, 7) is 9.85. The number of hydrogen-bond acceptors (Lipinski definition) is 3. The highest BCUT2D eigenvalue weighted by Gasteiger charge is 2.14. The fourth-order valence-corrected chi connectivity index (χ4v) is 3.30. The van der Waals surface area contributed by atoms with E-state index in [2.05, 4.69) is 38.3 Å². The zero-order valence-electron chi connectivity index (χ0n) is 18.2. The average molecular weight is 426 g/mol. The van der Waals surface area contributed by atoms with Crippen LogP contribution in [0.4, 0.5) is 5.69 Å². The topological polar surface area (TPSA) is 61.4 Å². The Kier molecular flexibility index (Phi) is 8.99. The summed E-state index contributed by atoms with van der Waals surface area (Å²) in [4.78, 5) is 26.9. The van der Waals surface area contributed by atoms with Gasteiger partial charge < -0.3 is 10.2 Å². The van der Waals surface area contributed by atoms with Crippen molar-refractivity contribution in [3.63, 3.8) is 0 Å². The first kappa shape index (κ1) is 23.5.